The van der Waals surface area contributed by atoms with E-state index in [0.29, 0.717) is 12.3 Å². The van der Waals surface area contributed by atoms with Crippen LogP contribution in [0.5, 0.6) is 0 Å². The first-order valence-corrected chi connectivity index (χ1v) is 8.45. The third-order valence-electron chi connectivity index (χ3n) is 3.71. The monoisotopic (exact) mass is 285 g/mol. The van der Waals surface area contributed by atoms with Crippen LogP contribution in [-0.2, 0) is 9.84 Å². The summed E-state index contributed by atoms with van der Waals surface area (Å²) in [6, 6.07) is 6.47. The van der Waals surface area contributed by atoms with Crippen LogP contribution >= 0.6 is 0 Å². The summed E-state index contributed by atoms with van der Waals surface area (Å²) in [6.07, 6.45) is 2.29. The van der Waals surface area contributed by atoms with Crippen molar-refractivity contribution in [3.05, 3.63) is 35.6 Å². The lowest BCUT2D eigenvalue weighted by Crippen LogP contribution is -2.33. The van der Waals surface area contributed by atoms with Gasteiger partial charge in [-0.05, 0) is 37.0 Å². The molecule has 1 N–H and O–H groups in total. The van der Waals surface area contributed by atoms with Gasteiger partial charge in [0.05, 0.1) is 11.0 Å². The number of nitrogens with one attached hydrogen (secondary N) is 1. The number of hydrogen-bond donors (Lipinski definition) is 1. The molecular weight excluding hydrogens is 265 g/mol. The van der Waals surface area contributed by atoms with Crippen molar-refractivity contribution in [2.75, 3.05) is 12.3 Å². The highest BCUT2D eigenvalue weighted by Gasteiger charge is 2.31. The van der Waals surface area contributed by atoms with Gasteiger partial charge >= 0.3 is 0 Å². The number of halogens is 1. The van der Waals surface area contributed by atoms with Gasteiger partial charge in [-0.25, -0.2) is 12.8 Å². The maximum atomic E-state index is 13.2. The second kappa shape index (κ2) is 6.01. The highest BCUT2D eigenvalue weighted by atomic mass is 32.2. The molecule has 3 nitrogen and oxygen atoms in total. The van der Waals surface area contributed by atoms with E-state index in [2.05, 4.69) is 5.32 Å². The molecule has 0 spiro atoms. The van der Waals surface area contributed by atoms with Crippen LogP contribution in [0.1, 0.15) is 37.8 Å². The maximum absolute atomic E-state index is 13.2. The van der Waals surface area contributed by atoms with Gasteiger partial charge in [-0.3, -0.25) is 0 Å². The Labute approximate surface area is 114 Å². The topological polar surface area (TPSA) is 46.2 Å². The molecule has 0 saturated carbocycles. The van der Waals surface area contributed by atoms with Gasteiger partial charge in [0.1, 0.15) is 5.82 Å². The molecule has 1 aliphatic heterocycles. The SMILES string of the molecule is CCC(NCC1CCCS1(=O)=O)c1cccc(F)c1. The van der Waals surface area contributed by atoms with Crippen molar-refractivity contribution in [1.82, 2.24) is 5.32 Å². The number of hydrogen-bond acceptors (Lipinski definition) is 3. The zero-order valence-electron chi connectivity index (χ0n) is 11.1. The van der Waals surface area contributed by atoms with Crippen LogP contribution in [0, 0.1) is 5.82 Å². The summed E-state index contributed by atoms with van der Waals surface area (Å²) in [6.45, 7) is 2.46. The Balaban J connectivity index is 2.00. The molecule has 0 bridgehead atoms. The quantitative estimate of drug-likeness (QED) is 0.904. The van der Waals surface area contributed by atoms with E-state index in [9.17, 15) is 12.8 Å². The molecule has 19 heavy (non-hydrogen) atoms. The Morgan fingerprint density at radius 2 is 2.26 bits per heavy atom. The Morgan fingerprint density at radius 3 is 2.84 bits per heavy atom. The molecule has 1 heterocycles. The highest BCUT2D eigenvalue weighted by Crippen LogP contribution is 2.22. The van der Waals surface area contributed by atoms with Gasteiger partial charge in [0.15, 0.2) is 9.84 Å². The first kappa shape index (κ1) is 14.5. The second-order valence-electron chi connectivity index (χ2n) is 5.06. The van der Waals surface area contributed by atoms with Gasteiger partial charge < -0.3 is 5.32 Å². The predicted octanol–water partition coefficient (Wildman–Crippen LogP) is 2.44. The molecule has 1 saturated heterocycles. The summed E-state index contributed by atoms with van der Waals surface area (Å²) >= 11 is 0. The number of benzene rings is 1. The normalized spacial score (nSPS) is 23.4. The summed E-state index contributed by atoms with van der Waals surface area (Å²) in [4.78, 5) is 0. The zero-order chi connectivity index (χ0) is 13.9. The predicted molar refractivity (Wildman–Crippen MR) is 74.2 cm³/mol. The minimum Gasteiger partial charge on any atom is -0.309 e. The third kappa shape index (κ3) is 3.54. The van der Waals surface area contributed by atoms with E-state index >= 15 is 0 Å². The van der Waals surface area contributed by atoms with Crippen molar-refractivity contribution in [3.8, 4) is 0 Å². The summed E-state index contributed by atoms with van der Waals surface area (Å²) in [5.41, 5.74) is 0.873. The standard InChI is InChI=1S/C14H20FNO2S/c1-2-14(11-5-3-6-12(15)9-11)16-10-13-7-4-8-19(13,17)18/h3,5-6,9,13-14,16H,2,4,7-8,10H2,1H3. The molecular formula is C14H20FNO2S. The van der Waals surface area contributed by atoms with Gasteiger partial charge in [0.25, 0.3) is 0 Å². The summed E-state index contributed by atoms with van der Waals surface area (Å²) in [5, 5.41) is 2.98. The molecule has 1 fully saturated rings. The van der Waals surface area contributed by atoms with Gasteiger partial charge in [-0.1, -0.05) is 19.1 Å². The van der Waals surface area contributed by atoms with E-state index in [-0.39, 0.29) is 17.1 Å². The van der Waals surface area contributed by atoms with Crippen LogP contribution in [0.2, 0.25) is 0 Å². The smallest absolute Gasteiger partial charge is 0.154 e. The fourth-order valence-electron chi connectivity index (χ4n) is 2.58. The fourth-order valence-corrected chi connectivity index (χ4v) is 4.36. The van der Waals surface area contributed by atoms with Crippen LogP contribution < -0.4 is 5.32 Å². The average molecular weight is 285 g/mol. The third-order valence-corrected chi connectivity index (χ3v) is 5.99. The summed E-state index contributed by atoms with van der Waals surface area (Å²) in [7, 11) is -2.92. The van der Waals surface area contributed by atoms with E-state index in [4.69, 9.17) is 0 Å². The first-order chi connectivity index (χ1) is 9.03. The molecule has 0 amide bonds. The average Bonchev–Trinajstić information content (AvgIpc) is 2.70. The molecule has 5 heteroatoms. The fraction of sp³-hybridized carbons (Fsp3) is 0.571. The lowest BCUT2D eigenvalue weighted by molar-refractivity contribution is 0.499. The molecule has 1 aliphatic rings. The van der Waals surface area contributed by atoms with E-state index < -0.39 is 9.84 Å². The molecule has 0 aliphatic carbocycles. The van der Waals surface area contributed by atoms with Crippen LogP contribution in [0.4, 0.5) is 4.39 Å². The van der Waals surface area contributed by atoms with Crippen molar-refractivity contribution < 1.29 is 12.8 Å². The molecule has 1 aromatic rings. The second-order valence-corrected chi connectivity index (χ2v) is 7.46. The molecule has 1 aromatic carbocycles. The van der Waals surface area contributed by atoms with Crippen molar-refractivity contribution in [3.63, 3.8) is 0 Å². The van der Waals surface area contributed by atoms with Crippen molar-refractivity contribution >= 4 is 9.84 Å². The Kier molecular flexibility index (Phi) is 4.58. The summed E-state index contributed by atoms with van der Waals surface area (Å²) in [5.74, 6) is 0.0436. The Bertz CT molecular complexity index is 530. The molecule has 0 radical (unpaired) electrons. The molecule has 106 valence electrons. The van der Waals surface area contributed by atoms with Gasteiger partial charge in [0, 0.05) is 12.6 Å². The van der Waals surface area contributed by atoms with Crippen molar-refractivity contribution in [2.24, 2.45) is 0 Å². The Hall–Kier alpha value is -0.940. The van der Waals surface area contributed by atoms with Gasteiger partial charge in [-0.2, -0.15) is 0 Å². The van der Waals surface area contributed by atoms with Gasteiger partial charge in [0.2, 0.25) is 0 Å². The number of sulfone groups is 1. The zero-order valence-corrected chi connectivity index (χ0v) is 11.9. The molecule has 2 rings (SSSR count). The Morgan fingerprint density at radius 1 is 1.47 bits per heavy atom. The molecule has 2 unspecified atom stereocenters. The largest absolute Gasteiger partial charge is 0.309 e. The van der Waals surface area contributed by atoms with Crippen LogP contribution in [-0.4, -0.2) is 26.0 Å². The minimum atomic E-state index is -2.92. The van der Waals surface area contributed by atoms with Crippen LogP contribution in [0.15, 0.2) is 24.3 Å². The van der Waals surface area contributed by atoms with Gasteiger partial charge in [-0.15, -0.1) is 0 Å². The molecule has 2 atom stereocenters. The molecule has 0 aromatic heterocycles. The minimum absolute atomic E-state index is 0.00602. The van der Waals surface area contributed by atoms with E-state index in [1.54, 1.807) is 6.07 Å². The first-order valence-electron chi connectivity index (χ1n) is 6.73. The maximum Gasteiger partial charge on any atom is 0.154 e. The summed E-state index contributed by atoms with van der Waals surface area (Å²) < 4.78 is 36.7. The van der Waals surface area contributed by atoms with Crippen LogP contribution in [0.3, 0.4) is 0 Å². The highest BCUT2D eigenvalue weighted by molar-refractivity contribution is 7.92. The lowest BCUT2D eigenvalue weighted by atomic mass is 10.0. The van der Waals surface area contributed by atoms with Crippen molar-refractivity contribution in [1.29, 1.82) is 0 Å². The van der Waals surface area contributed by atoms with E-state index in [1.807, 2.05) is 13.0 Å². The van der Waals surface area contributed by atoms with E-state index in [1.165, 1.54) is 12.1 Å². The van der Waals surface area contributed by atoms with Crippen LogP contribution in [0.25, 0.3) is 0 Å². The van der Waals surface area contributed by atoms with Crippen molar-refractivity contribution in [2.45, 2.75) is 37.5 Å². The lowest BCUT2D eigenvalue weighted by Gasteiger charge is -2.20. The number of rotatable bonds is 5. The van der Waals surface area contributed by atoms with E-state index in [0.717, 1.165) is 24.8 Å².